The molecule has 10 nitrogen and oxygen atoms in total. The molecule has 0 radical (unpaired) electrons. The molecule has 1 unspecified atom stereocenters. The minimum absolute atomic E-state index is 0.0295. The Balaban J connectivity index is 1.61. The van der Waals surface area contributed by atoms with Crippen LogP contribution in [-0.4, -0.2) is 41.8 Å². The predicted molar refractivity (Wildman–Crippen MR) is 129 cm³/mol. The van der Waals surface area contributed by atoms with Gasteiger partial charge in [-0.3, -0.25) is 13.7 Å². The monoisotopic (exact) mass is 502 g/mol. The van der Waals surface area contributed by atoms with Crippen LogP contribution >= 0.6 is 0 Å². The molecule has 0 bridgehead atoms. The van der Waals surface area contributed by atoms with Gasteiger partial charge in [-0.05, 0) is 43.3 Å². The number of aromatic nitrogens is 6. The van der Waals surface area contributed by atoms with Gasteiger partial charge in [-0.15, -0.1) is 0 Å². The lowest BCUT2D eigenvalue weighted by Gasteiger charge is -2.27. The highest BCUT2D eigenvalue weighted by Gasteiger charge is 2.33. The Labute approximate surface area is 208 Å². The summed E-state index contributed by atoms with van der Waals surface area (Å²) in [5.41, 5.74) is 7.61. The van der Waals surface area contributed by atoms with E-state index in [9.17, 15) is 14.4 Å². The molecule has 4 heterocycles. The summed E-state index contributed by atoms with van der Waals surface area (Å²) >= 11 is 0. The lowest BCUT2D eigenvalue weighted by molar-refractivity contribution is 0.238. The average Bonchev–Trinajstić information content (AvgIpc) is 3.46. The van der Waals surface area contributed by atoms with Crippen LogP contribution in [0.1, 0.15) is 30.0 Å². The number of aryl methyl sites for hydroxylation is 1. The van der Waals surface area contributed by atoms with E-state index in [1.807, 2.05) is 0 Å². The SMILES string of the molecule is N#Cc1ccc2ncn(-c3ncc4c(n3)n(C3CCOc5c(F)ccc(F)c53)c(=O)n4CCCN)c2c1. The Morgan fingerprint density at radius 2 is 2.00 bits per heavy atom. The highest BCUT2D eigenvalue weighted by atomic mass is 19.1. The molecule has 1 aliphatic rings. The van der Waals surface area contributed by atoms with Gasteiger partial charge in [0.1, 0.15) is 17.7 Å². The molecule has 1 atom stereocenters. The maximum Gasteiger partial charge on any atom is 0.330 e. The third kappa shape index (κ3) is 3.54. The first-order chi connectivity index (χ1) is 18.0. The first kappa shape index (κ1) is 22.8. The van der Waals surface area contributed by atoms with E-state index in [1.54, 1.807) is 22.8 Å². The molecule has 3 aromatic heterocycles. The fraction of sp³-hybridized carbons (Fsp3) is 0.240. The molecule has 37 heavy (non-hydrogen) atoms. The molecule has 186 valence electrons. The van der Waals surface area contributed by atoms with Gasteiger partial charge in [-0.2, -0.15) is 10.2 Å². The topological polar surface area (TPSA) is 130 Å². The van der Waals surface area contributed by atoms with Crippen molar-refractivity contribution in [2.45, 2.75) is 25.4 Å². The number of rotatable bonds is 5. The summed E-state index contributed by atoms with van der Waals surface area (Å²) in [5.74, 6) is -1.36. The Bertz CT molecular complexity index is 1780. The smallest absolute Gasteiger partial charge is 0.330 e. The van der Waals surface area contributed by atoms with E-state index in [-0.39, 0.29) is 35.9 Å². The fourth-order valence-corrected chi connectivity index (χ4v) is 4.83. The summed E-state index contributed by atoms with van der Waals surface area (Å²) < 4.78 is 39.5. The number of imidazole rings is 2. The maximum absolute atomic E-state index is 15.0. The highest BCUT2D eigenvalue weighted by molar-refractivity contribution is 5.79. The van der Waals surface area contributed by atoms with Gasteiger partial charge >= 0.3 is 5.69 Å². The molecule has 12 heteroatoms. The van der Waals surface area contributed by atoms with Crippen LogP contribution in [0.4, 0.5) is 8.78 Å². The number of nitriles is 1. The molecular weight excluding hydrogens is 482 g/mol. The molecule has 0 spiro atoms. The molecule has 1 aliphatic heterocycles. The van der Waals surface area contributed by atoms with Crippen LogP contribution in [0.25, 0.3) is 28.1 Å². The van der Waals surface area contributed by atoms with E-state index < -0.39 is 23.4 Å². The zero-order valence-electron chi connectivity index (χ0n) is 19.4. The first-order valence-corrected chi connectivity index (χ1v) is 11.7. The summed E-state index contributed by atoms with van der Waals surface area (Å²) in [5, 5.41) is 9.32. The third-order valence-electron chi connectivity index (χ3n) is 6.55. The van der Waals surface area contributed by atoms with Crippen molar-refractivity contribution in [1.82, 2.24) is 28.7 Å². The third-order valence-corrected chi connectivity index (χ3v) is 6.55. The Morgan fingerprint density at radius 1 is 1.16 bits per heavy atom. The van der Waals surface area contributed by atoms with Gasteiger partial charge in [0, 0.05) is 13.0 Å². The number of fused-ring (bicyclic) bond motifs is 3. The number of nitrogens with zero attached hydrogens (tertiary/aromatic N) is 7. The average molecular weight is 502 g/mol. The lowest BCUT2D eigenvalue weighted by Crippen LogP contribution is -2.32. The molecule has 0 saturated carbocycles. The largest absolute Gasteiger partial charge is 0.490 e. The second-order valence-corrected chi connectivity index (χ2v) is 8.68. The van der Waals surface area contributed by atoms with E-state index in [4.69, 9.17) is 15.5 Å². The fourth-order valence-electron chi connectivity index (χ4n) is 4.83. The molecule has 0 aliphatic carbocycles. The number of hydrogen-bond donors (Lipinski definition) is 1. The highest BCUT2D eigenvalue weighted by Crippen LogP contribution is 2.39. The van der Waals surface area contributed by atoms with Crippen LogP contribution in [0.3, 0.4) is 0 Å². The minimum atomic E-state index is -0.846. The van der Waals surface area contributed by atoms with E-state index >= 15 is 4.39 Å². The second-order valence-electron chi connectivity index (χ2n) is 8.68. The number of benzene rings is 2. The standard InChI is InChI=1S/C25H20F2N8O2/c26-15-3-4-16(27)22-21(15)18(6-9-37-22)35-23-20(33(25(35)36)8-1-7-28)12-30-24(32-23)34-13-31-17-5-2-14(11-29)10-19(17)34/h2-5,10,12-13,18H,1,6-9,28H2. The van der Waals surface area contributed by atoms with Crippen LogP contribution in [0.5, 0.6) is 5.75 Å². The van der Waals surface area contributed by atoms with Crippen LogP contribution in [-0.2, 0) is 6.54 Å². The summed E-state index contributed by atoms with van der Waals surface area (Å²) in [7, 11) is 0. The van der Waals surface area contributed by atoms with Crippen molar-refractivity contribution in [3.05, 3.63) is 76.1 Å². The van der Waals surface area contributed by atoms with Crippen LogP contribution in [0, 0.1) is 23.0 Å². The molecule has 0 amide bonds. The molecule has 5 aromatic rings. The van der Waals surface area contributed by atoms with Crippen LogP contribution < -0.4 is 16.2 Å². The van der Waals surface area contributed by atoms with Gasteiger partial charge in [-0.1, -0.05) is 0 Å². The quantitative estimate of drug-likeness (QED) is 0.391. The number of ether oxygens (including phenoxy) is 1. The van der Waals surface area contributed by atoms with Crippen molar-refractivity contribution in [2.24, 2.45) is 5.73 Å². The van der Waals surface area contributed by atoms with Crippen molar-refractivity contribution in [2.75, 3.05) is 13.2 Å². The van der Waals surface area contributed by atoms with Crippen molar-refractivity contribution < 1.29 is 13.5 Å². The van der Waals surface area contributed by atoms with E-state index in [0.717, 1.165) is 12.1 Å². The van der Waals surface area contributed by atoms with E-state index in [1.165, 1.54) is 21.7 Å². The number of nitrogens with two attached hydrogens (primary N) is 1. The molecule has 2 aromatic carbocycles. The Kier molecular flexibility index (Phi) is 5.42. The normalized spacial score (nSPS) is 15.0. The summed E-state index contributed by atoms with van der Waals surface area (Å²) in [4.78, 5) is 27.2. The minimum Gasteiger partial charge on any atom is -0.490 e. The Hall–Kier alpha value is -4.63. The zero-order valence-corrected chi connectivity index (χ0v) is 19.4. The Morgan fingerprint density at radius 3 is 2.81 bits per heavy atom. The molecule has 2 N–H and O–H groups in total. The van der Waals surface area contributed by atoms with Gasteiger partial charge < -0.3 is 10.5 Å². The van der Waals surface area contributed by atoms with Gasteiger partial charge in [0.25, 0.3) is 0 Å². The zero-order chi connectivity index (χ0) is 25.7. The number of hydrogen-bond acceptors (Lipinski definition) is 7. The number of halogens is 2. The molecule has 0 saturated heterocycles. The second kappa shape index (κ2) is 8.79. The molecule has 0 fully saturated rings. The summed E-state index contributed by atoms with van der Waals surface area (Å²) in [6.07, 6.45) is 3.81. The first-order valence-electron chi connectivity index (χ1n) is 11.7. The van der Waals surface area contributed by atoms with Crippen molar-refractivity contribution >= 4 is 22.2 Å². The van der Waals surface area contributed by atoms with Gasteiger partial charge in [0.2, 0.25) is 5.95 Å². The van der Waals surface area contributed by atoms with Gasteiger partial charge in [0.15, 0.2) is 17.2 Å². The van der Waals surface area contributed by atoms with Crippen LogP contribution in [0.15, 0.2) is 47.7 Å². The maximum atomic E-state index is 15.0. The van der Waals surface area contributed by atoms with Gasteiger partial charge in [-0.25, -0.2) is 23.5 Å². The summed E-state index contributed by atoms with van der Waals surface area (Å²) in [6.45, 7) is 0.768. The predicted octanol–water partition coefficient (Wildman–Crippen LogP) is 2.80. The van der Waals surface area contributed by atoms with E-state index in [0.29, 0.717) is 41.6 Å². The van der Waals surface area contributed by atoms with Gasteiger partial charge in [0.05, 0.1) is 47.1 Å². The van der Waals surface area contributed by atoms with Crippen molar-refractivity contribution in [3.63, 3.8) is 0 Å². The van der Waals surface area contributed by atoms with Crippen LogP contribution in [0.2, 0.25) is 0 Å². The summed E-state index contributed by atoms with van der Waals surface area (Å²) in [6, 6.07) is 8.34. The molecule has 6 rings (SSSR count). The van der Waals surface area contributed by atoms with Crippen molar-refractivity contribution in [1.29, 1.82) is 5.26 Å². The lowest BCUT2D eigenvalue weighted by atomic mass is 9.99. The van der Waals surface area contributed by atoms with Crippen molar-refractivity contribution in [3.8, 4) is 17.8 Å². The van der Waals surface area contributed by atoms with E-state index in [2.05, 4.69) is 16.0 Å². The molecular formula is C25H20F2N8O2.